The van der Waals surface area contributed by atoms with Gasteiger partial charge in [-0.25, -0.2) is 0 Å². The SMILES string of the molecule is CCCCSc1ccc(CNC(C)(C)C)cc1C(F)(F)F. The highest BCUT2D eigenvalue weighted by atomic mass is 32.2. The predicted molar refractivity (Wildman–Crippen MR) is 83.7 cm³/mol. The Kier molecular flexibility index (Phi) is 6.60. The van der Waals surface area contributed by atoms with E-state index in [0.717, 1.165) is 18.6 Å². The summed E-state index contributed by atoms with van der Waals surface area (Å²) in [6.07, 6.45) is -2.39. The minimum atomic E-state index is -4.30. The van der Waals surface area contributed by atoms with E-state index < -0.39 is 11.7 Å². The van der Waals surface area contributed by atoms with Crippen LogP contribution in [0.4, 0.5) is 13.2 Å². The molecule has 0 aromatic heterocycles. The summed E-state index contributed by atoms with van der Waals surface area (Å²) in [5, 5.41) is 3.21. The van der Waals surface area contributed by atoms with E-state index in [2.05, 4.69) is 5.32 Å². The molecule has 0 heterocycles. The van der Waals surface area contributed by atoms with Crippen LogP contribution in [0.2, 0.25) is 0 Å². The van der Waals surface area contributed by atoms with Crippen LogP contribution in [0.3, 0.4) is 0 Å². The van der Waals surface area contributed by atoms with E-state index >= 15 is 0 Å². The van der Waals surface area contributed by atoms with E-state index in [9.17, 15) is 13.2 Å². The second kappa shape index (κ2) is 7.54. The van der Waals surface area contributed by atoms with Gasteiger partial charge in [-0.1, -0.05) is 19.4 Å². The predicted octanol–water partition coefficient (Wildman–Crippen LogP) is 5.49. The molecule has 0 aliphatic heterocycles. The Hall–Kier alpha value is -0.680. The van der Waals surface area contributed by atoms with Gasteiger partial charge in [0.2, 0.25) is 0 Å². The van der Waals surface area contributed by atoms with Crippen LogP contribution < -0.4 is 5.32 Å². The maximum atomic E-state index is 13.2. The van der Waals surface area contributed by atoms with Crippen LogP contribution in [-0.2, 0) is 12.7 Å². The molecule has 0 fully saturated rings. The summed E-state index contributed by atoms with van der Waals surface area (Å²) in [7, 11) is 0. The van der Waals surface area contributed by atoms with Gasteiger partial charge in [0.05, 0.1) is 5.56 Å². The Morgan fingerprint density at radius 3 is 2.33 bits per heavy atom. The number of alkyl halides is 3. The number of rotatable bonds is 6. The number of hydrogen-bond donors (Lipinski definition) is 1. The van der Waals surface area contributed by atoms with Gasteiger partial charge >= 0.3 is 6.18 Å². The minimum Gasteiger partial charge on any atom is -0.308 e. The zero-order chi connectivity index (χ0) is 16.1. The fourth-order valence-electron chi connectivity index (χ4n) is 1.73. The van der Waals surface area contributed by atoms with Gasteiger partial charge in [0, 0.05) is 17.0 Å². The molecule has 0 aliphatic carbocycles. The lowest BCUT2D eigenvalue weighted by atomic mass is 10.1. The lowest BCUT2D eigenvalue weighted by Crippen LogP contribution is -2.35. The molecule has 0 spiro atoms. The molecule has 0 bridgehead atoms. The van der Waals surface area contributed by atoms with Crippen LogP contribution >= 0.6 is 11.8 Å². The first kappa shape index (κ1) is 18.4. The topological polar surface area (TPSA) is 12.0 Å². The lowest BCUT2D eigenvalue weighted by Gasteiger charge is -2.21. The van der Waals surface area contributed by atoms with Crippen LogP contribution in [0.15, 0.2) is 23.1 Å². The highest BCUT2D eigenvalue weighted by Gasteiger charge is 2.33. The van der Waals surface area contributed by atoms with Crippen molar-refractivity contribution in [2.75, 3.05) is 5.75 Å². The van der Waals surface area contributed by atoms with E-state index in [0.29, 0.717) is 17.0 Å². The van der Waals surface area contributed by atoms with Crippen molar-refractivity contribution in [3.05, 3.63) is 29.3 Å². The van der Waals surface area contributed by atoms with Crippen LogP contribution in [0.25, 0.3) is 0 Å². The third kappa shape index (κ3) is 6.74. The van der Waals surface area contributed by atoms with E-state index in [4.69, 9.17) is 0 Å². The highest BCUT2D eigenvalue weighted by Crippen LogP contribution is 2.37. The van der Waals surface area contributed by atoms with Gasteiger partial charge in [0.1, 0.15) is 0 Å². The highest BCUT2D eigenvalue weighted by molar-refractivity contribution is 7.99. The number of halogens is 3. The summed E-state index contributed by atoms with van der Waals surface area (Å²) >= 11 is 1.29. The monoisotopic (exact) mass is 319 g/mol. The molecule has 1 N–H and O–H groups in total. The minimum absolute atomic E-state index is 0.118. The molecule has 0 radical (unpaired) electrons. The van der Waals surface area contributed by atoms with Crippen LogP contribution in [-0.4, -0.2) is 11.3 Å². The first-order valence-corrected chi connectivity index (χ1v) is 8.20. The number of benzene rings is 1. The van der Waals surface area contributed by atoms with E-state index in [1.807, 2.05) is 27.7 Å². The zero-order valence-corrected chi connectivity index (χ0v) is 13.9. The summed E-state index contributed by atoms with van der Waals surface area (Å²) in [5.41, 5.74) is 0.0290. The smallest absolute Gasteiger partial charge is 0.308 e. The Morgan fingerprint density at radius 2 is 1.81 bits per heavy atom. The number of hydrogen-bond acceptors (Lipinski definition) is 2. The van der Waals surface area contributed by atoms with Crippen molar-refractivity contribution in [1.82, 2.24) is 5.32 Å². The Balaban J connectivity index is 2.91. The maximum absolute atomic E-state index is 13.2. The second-order valence-electron chi connectivity index (χ2n) is 6.13. The van der Waals surface area contributed by atoms with Crippen molar-refractivity contribution < 1.29 is 13.2 Å². The fraction of sp³-hybridized carbons (Fsp3) is 0.625. The van der Waals surface area contributed by atoms with Crippen molar-refractivity contribution >= 4 is 11.8 Å². The number of nitrogens with one attached hydrogen (secondary N) is 1. The molecule has 0 saturated carbocycles. The van der Waals surface area contributed by atoms with Gasteiger partial charge in [0.25, 0.3) is 0 Å². The first-order valence-electron chi connectivity index (χ1n) is 7.21. The van der Waals surface area contributed by atoms with Gasteiger partial charge in [-0.2, -0.15) is 13.2 Å². The average Bonchev–Trinajstić information content (AvgIpc) is 2.35. The van der Waals surface area contributed by atoms with Gasteiger partial charge in [-0.05, 0) is 50.6 Å². The molecule has 1 nitrogen and oxygen atoms in total. The first-order chi connectivity index (χ1) is 9.63. The van der Waals surface area contributed by atoms with E-state index in [-0.39, 0.29) is 5.54 Å². The average molecular weight is 319 g/mol. The molecule has 1 aromatic carbocycles. The largest absolute Gasteiger partial charge is 0.417 e. The van der Waals surface area contributed by atoms with Gasteiger partial charge in [-0.15, -0.1) is 11.8 Å². The Labute approximate surface area is 129 Å². The standard InChI is InChI=1S/C16H24F3NS/c1-5-6-9-21-14-8-7-12(11-20-15(2,3)4)10-13(14)16(17,18)19/h7-8,10,20H,5-6,9,11H2,1-4H3. The van der Waals surface area contributed by atoms with Gasteiger partial charge in [0.15, 0.2) is 0 Å². The molecule has 21 heavy (non-hydrogen) atoms. The lowest BCUT2D eigenvalue weighted by molar-refractivity contribution is -0.139. The molecule has 0 saturated heterocycles. The molecule has 0 unspecified atom stereocenters. The summed E-state index contributed by atoms with van der Waals surface area (Å²) in [5.74, 6) is 0.721. The van der Waals surface area contributed by atoms with Crippen LogP contribution in [0.1, 0.15) is 51.7 Å². The third-order valence-corrected chi connectivity index (χ3v) is 4.09. The number of thioether (sulfide) groups is 1. The molecular weight excluding hydrogens is 295 g/mol. The fourth-order valence-corrected chi connectivity index (χ4v) is 2.88. The molecule has 1 aromatic rings. The molecule has 1 rings (SSSR count). The van der Waals surface area contributed by atoms with Crippen molar-refractivity contribution in [3.63, 3.8) is 0 Å². The van der Waals surface area contributed by atoms with E-state index in [1.165, 1.54) is 17.8 Å². The zero-order valence-electron chi connectivity index (χ0n) is 13.1. The summed E-state index contributed by atoms with van der Waals surface area (Å²) in [6.45, 7) is 8.45. The van der Waals surface area contributed by atoms with Crippen molar-refractivity contribution in [1.29, 1.82) is 0 Å². The van der Waals surface area contributed by atoms with Gasteiger partial charge < -0.3 is 5.32 Å². The van der Waals surface area contributed by atoms with Crippen molar-refractivity contribution in [2.24, 2.45) is 0 Å². The molecule has 5 heteroatoms. The van der Waals surface area contributed by atoms with Crippen molar-refractivity contribution in [2.45, 2.75) is 63.7 Å². The van der Waals surface area contributed by atoms with Crippen LogP contribution in [0.5, 0.6) is 0 Å². The molecule has 0 aliphatic rings. The van der Waals surface area contributed by atoms with Crippen LogP contribution in [0, 0.1) is 0 Å². The quantitative estimate of drug-likeness (QED) is 0.550. The summed E-state index contributed by atoms with van der Waals surface area (Å²) in [4.78, 5) is 0.329. The molecule has 0 amide bonds. The summed E-state index contributed by atoms with van der Waals surface area (Å²) < 4.78 is 39.5. The normalized spacial score (nSPS) is 12.7. The van der Waals surface area contributed by atoms with E-state index in [1.54, 1.807) is 12.1 Å². The molecular formula is C16H24F3NS. The molecule has 0 atom stereocenters. The maximum Gasteiger partial charge on any atom is 0.417 e. The Bertz CT molecular complexity index is 450. The molecule has 120 valence electrons. The second-order valence-corrected chi connectivity index (χ2v) is 7.27. The number of unbranched alkanes of at least 4 members (excludes halogenated alkanes) is 1. The summed E-state index contributed by atoms with van der Waals surface area (Å²) in [6, 6.07) is 4.65. The third-order valence-electron chi connectivity index (χ3n) is 2.93. The van der Waals surface area contributed by atoms with Gasteiger partial charge in [-0.3, -0.25) is 0 Å². The Morgan fingerprint density at radius 1 is 1.14 bits per heavy atom. The van der Waals surface area contributed by atoms with Crippen molar-refractivity contribution in [3.8, 4) is 0 Å².